The van der Waals surface area contributed by atoms with Gasteiger partial charge in [-0.2, -0.15) is 5.10 Å². The van der Waals surface area contributed by atoms with Crippen LogP contribution in [0.2, 0.25) is 0 Å². The third-order valence-electron chi connectivity index (χ3n) is 5.40. The average molecular weight is 416 g/mol. The van der Waals surface area contributed by atoms with Gasteiger partial charge in [-0.25, -0.2) is 4.39 Å². The molecule has 1 fully saturated rings. The van der Waals surface area contributed by atoms with E-state index in [0.29, 0.717) is 17.9 Å². The summed E-state index contributed by atoms with van der Waals surface area (Å²) in [4.78, 5) is 28.0. The molecule has 0 aliphatic carbocycles. The zero-order chi connectivity index (χ0) is 21.3. The lowest BCUT2D eigenvalue weighted by atomic mass is 10.1. The molecular formula is C22H30FN5O2. The number of anilines is 1. The van der Waals surface area contributed by atoms with E-state index in [4.69, 9.17) is 0 Å². The molecule has 1 aromatic carbocycles. The Morgan fingerprint density at radius 1 is 1.10 bits per heavy atom. The Balaban J connectivity index is 1.32. The number of aromatic nitrogens is 2. The largest absolute Gasteiger partial charge is 0.342 e. The molecule has 1 aromatic heterocycles. The van der Waals surface area contributed by atoms with Gasteiger partial charge in [-0.1, -0.05) is 6.42 Å². The summed E-state index contributed by atoms with van der Waals surface area (Å²) in [6, 6.07) is 7.81. The second-order valence-electron chi connectivity index (χ2n) is 7.73. The van der Waals surface area contributed by atoms with Crippen LogP contribution < -0.4 is 5.32 Å². The number of unbranched alkanes of at least 4 members (excludes halogenated alkanes) is 2. The van der Waals surface area contributed by atoms with Crippen LogP contribution in [0.1, 0.15) is 39.0 Å². The maximum Gasteiger partial charge on any atom is 0.225 e. The summed E-state index contributed by atoms with van der Waals surface area (Å²) in [6.07, 6.45) is 4.35. The van der Waals surface area contributed by atoms with E-state index in [1.165, 1.54) is 12.1 Å². The first-order valence-electron chi connectivity index (χ1n) is 10.6. The smallest absolute Gasteiger partial charge is 0.225 e. The second kappa shape index (κ2) is 10.9. The lowest BCUT2D eigenvalue weighted by Crippen LogP contribution is -2.33. The Bertz CT molecular complexity index is 836. The molecule has 7 nitrogen and oxygen atoms in total. The summed E-state index contributed by atoms with van der Waals surface area (Å²) in [7, 11) is 0. The van der Waals surface area contributed by atoms with Gasteiger partial charge in [0.15, 0.2) is 0 Å². The molecule has 2 aromatic rings. The molecule has 0 atom stereocenters. The minimum Gasteiger partial charge on any atom is -0.342 e. The predicted octanol–water partition coefficient (Wildman–Crippen LogP) is 3.27. The van der Waals surface area contributed by atoms with Crippen molar-refractivity contribution < 1.29 is 14.0 Å². The van der Waals surface area contributed by atoms with Crippen LogP contribution in [0, 0.1) is 5.82 Å². The van der Waals surface area contributed by atoms with Crippen LogP contribution in [0.15, 0.2) is 30.3 Å². The van der Waals surface area contributed by atoms with Crippen molar-refractivity contribution in [2.24, 2.45) is 0 Å². The van der Waals surface area contributed by atoms with Crippen LogP contribution in [0.5, 0.6) is 0 Å². The van der Waals surface area contributed by atoms with E-state index in [2.05, 4.69) is 20.4 Å². The number of halogens is 1. The van der Waals surface area contributed by atoms with Crippen molar-refractivity contribution in [3.8, 4) is 11.3 Å². The van der Waals surface area contributed by atoms with Crippen LogP contribution in [-0.4, -0.2) is 64.5 Å². The molecule has 162 valence electrons. The van der Waals surface area contributed by atoms with Crippen LogP contribution in [0.4, 0.5) is 10.2 Å². The van der Waals surface area contributed by atoms with Gasteiger partial charge in [-0.05, 0) is 56.6 Å². The first-order chi connectivity index (χ1) is 14.5. The van der Waals surface area contributed by atoms with Gasteiger partial charge in [0.1, 0.15) is 11.6 Å². The fourth-order valence-corrected chi connectivity index (χ4v) is 3.67. The topological polar surface area (TPSA) is 81.3 Å². The summed E-state index contributed by atoms with van der Waals surface area (Å²) in [6.45, 7) is 6.25. The fraction of sp³-hybridized carbons (Fsp3) is 0.500. The first kappa shape index (κ1) is 22.0. The number of benzene rings is 1. The molecule has 1 aliphatic rings. The Hall–Kier alpha value is -2.74. The van der Waals surface area contributed by atoms with E-state index in [1.54, 1.807) is 25.1 Å². The van der Waals surface area contributed by atoms with Crippen molar-refractivity contribution in [2.75, 3.05) is 38.0 Å². The average Bonchev–Trinajstić information content (AvgIpc) is 3.04. The minimum atomic E-state index is -0.295. The molecule has 0 radical (unpaired) electrons. The standard InChI is InChI=1S/C22H30FN5O2/c1-17(29)28-13-5-12-27(14-15-28)11-4-2-3-6-22(30)24-21-16-20(25-26-21)18-7-9-19(23)10-8-18/h7-10,16H,2-6,11-15H2,1H3,(H2,24,25,26,30). The molecule has 30 heavy (non-hydrogen) atoms. The second-order valence-corrected chi connectivity index (χ2v) is 7.73. The SMILES string of the molecule is CC(=O)N1CCCN(CCCCCC(=O)Nc2cc(-c3ccc(F)cc3)n[nH]2)CC1. The molecule has 0 spiro atoms. The number of hydrogen-bond acceptors (Lipinski definition) is 4. The van der Waals surface area contributed by atoms with Crippen molar-refractivity contribution in [3.05, 3.63) is 36.1 Å². The summed E-state index contributed by atoms with van der Waals surface area (Å²) in [5.41, 5.74) is 1.44. The highest BCUT2D eigenvalue weighted by Crippen LogP contribution is 2.20. The van der Waals surface area contributed by atoms with Crippen LogP contribution in [-0.2, 0) is 9.59 Å². The van der Waals surface area contributed by atoms with Crippen molar-refractivity contribution >= 4 is 17.6 Å². The molecule has 2 N–H and O–H groups in total. The molecule has 0 saturated carbocycles. The summed E-state index contributed by atoms with van der Waals surface area (Å²) in [5, 5.41) is 9.79. The van der Waals surface area contributed by atoms with Gasteiger partial charge in [-0.3, -0.25) is 14.7 Å². The fourth-order valence-electron chi connectivity index (χ4n) is 3.67. The van der Waals surface area contributed by atoms with E-state index in [0.717, 1.165) is 64.0 Å². The number of aromatic amines is 1. The lowest BCUT2D eigenvalue weighted by Gasteiger charge is -2.20. The molecule has 1 saturated heterocycles. The minimum absolute atomic E-state index is 0.0452. The van der Waals surface area contributed by atoms with Crippen molar-refractivity contribution in [3.63, 3.8) is 0 Å². The molecular weight excluding hydrogens is 385 g/mol. The van der Waals surface area contributed by atoms with Crippen molar-refractivity contribution in [1.82, 2.24) is 20.0 Å². The van der Waals surface area contributed by atoms with Crippen molar-refractivity contribution in [2.45, 2.75) is 39.0 Å². The third kappa shape index (κ3) is 6.66. The lowest BCUT2D eigenvalue weighted by molar-refractivity contribution is -0.128. The number of carbonyl (C=O) groups excluding carboxylic acids is 2. The van der Waals surface area contributed by atoms with E-state index < -0.39 is 0 Å². The van der Waals surface area contributed by atoms with Gasteiger partial charge in [0.05, 0.1) is 5.69 Å². The number of rotatable bonds is 8. The van der Waals surface area contributed by atoms with Gasteiger partial charge >= 0.3 is 0 Å². The molecule has 0 bridgehead atoms. The zero-order valence-corrected chi connectivity index (χ0v) is 17.5. The summed E-state index contributed by atoms with van der Waals surface area (Å²) >= 11 is 0. The maximum atomic E-state index is 13.0. The molecule has 0 unspecified atom stereocenters. The number of H-pyrrole nitrogens is 1. The predicted molar refractivity (Wildman–Crippen MR) is 114 cm³/mol. The number of nitrogens with zero attached hydrogens (tertiary/aromatic N) is 3. The van der Waals surface area contributed by atoms with Crippen LogP contribution in [0.3, 0.4) is 0 Å². The molecule has 3 rings (SSSR count). The monoisotopic (exact) mass is 415 g/mol. The molecule has 2 amide bonds. The van der Waals surface area contributed by atoms with Crippen LogP contribution >= 0.6 is 0 Å². The zero-order valence-electron chi connectivity index (χ0n) is 17.5. The third-order valence-corrected chi connectivity index (χ3v) is 5.40. The maximum absolute atomic E-state index is 13.0. The van der Waals surface area contributed by atoms with E-state index in [1.807, 2.05) is 4.90 Å². The van der Waals surface area contributed by atoms with Crippen LogP contribution in [0.25, 0.3) is 11.3 Å². The Kier molecular flexibility index (Phi) is 7.96. The van der Waals surface area contributed by atoms with Gasteiger partial charge in [0.25, 0.3) is 0 Å². The van der Waals surface area contributed by atoms with E-state index >= 15 is 0 Å². The van der Waals surface area contributed by atoms with Crippen molar-refractivity contribution in [1.29, 1.82) is 0 Å². The Morgan fingerprint density at radius 3 is 2.67 bits per heavy atom. The van der Waals surface area contributed by atoms with Gasteiger partial charge in [-0.15, -0.1) is 0 Å². The number of nitrogens with one attached hydrogen (secondary N) is 2. The van der Waals surface area contributed by atoms with Gasteiger partial charge in [0.2, 0.25) is 11.8 Å². The summed E-state index contributed by atoms with van der Waals surface area (Å²) in [5.74, 6) is 0.358. The highest BCUT2D eigenvalue weighted by atomic mass is 19.1. The summed E-state index contributed by atoms with van der Waals surface area (Å²) < 4.78 is 13.0. The van der Waals surface area contributed by atoms with Gasteiger partial charge in [0, 0.05) is 44.6 Å². The molecule has 1 aliphatic heterocycles. The number of amides is 2. The molecule has 2 heterocycles. The quantitative estimate of drug-likeness (QED) is 0.649. The Labute approximate surface area is 176 Å². The van der Waals surface area contributed by atoms with Gasteiger partial charge < -0.3 is 15.1 Å². The van der Waals surface area contributed by atoms with E-state index in [9.17, 15) is 14.0 Å². The Morgan fingerprint density at radius 2 is 1.90 bits per heavy atom. The number of hydrogen-bond donors (Lipinski definition) is 2. The number of carbonyl (C=O) groups is 2. The normalized spacial score (nSPS) is 15.1. The first-order valence-corrected chi connectivity index (χ1v) is 10.6. The van der Waals surface area contributed by atoms with E-state index in [-0.39, 0.29) is 17.6 Å². The highest BCUT2D eigenvalue weighted by Gasteiger charge is 2.16. The molecule has 8 heteroatoms. The highest BCUT2D eigenvalue weighted by molar-refractivity contribution is 5.90.